The molecule has 6 heteroatoms. The fourth-order valence-electron chi connectivity index (χ4n) is 3.70. The summed E-state index contributed by atoms with van der Waals surface area (Å²) in [5.41, 5.74) is 3.02. The lowest BCUT2D eigenvalue weighted by Crippen LogP contribution is -2.30. The lowest BCUT2D eigenvalue weighted by atomic mass is 9.81. The van der Waals surface area contributed by atoms with Gasteiger partial charge >= 0.3 is 0 Å². The van der Waals surface area contributed by atoms with Crippen LogP contribution >= 0.6 is 0 Å². The molecular weight excluding hydrogens is 340 g/mol. The number of aromatic nitrogens is 4. The molecule has 3 aromatic rings. The fraction of sp³-hybridized carbons (Fsp3) is 0.333. The van der Waals surface area contributed by atoms with E-state index in [1.54, 1.807) is 24.7 Å². The van der Waals surface area contributed by atoms with Crippen LogP contribution in [-0.2, 0) is 12.8 Å². The van der Waals surface area contributed by atoms with Crippen molar-refractivity contribution in [2.75, 3.05) is 0 Å². The van der Waals surface area contributed by atoms with E-state index in [1.165, 1.54) is 10.2 Å². The Kier molecular flexibility index (Phi) is 3.96. The summed E-state index contributed by atoms with van der Waals surface area (Å²) in [6, 6.07) is 10.1. The maximum absolute atomic E-state index is 12.8. The highest BCUT2D eigenvalue weighted by atomic mass is 16.5. The second kappa shape index (κ2) is 6.61. The number of hydrogen-bond acceptors (Lipinski definition) is 5. The molecule has 2 aliphatic carbocycles. The highest BCUT2D eigenvalue weighted by Crippen LogP contribution is 2.34. The third-order valence-corrected chi connectivity index (χ3v) is 5.27. The van der Waals surface area contributed by atoms with Gasteiger partial charge in [0.25, 0.3) is 11.5 Å². The predicted octanol–water partition coefficient (Wildman–Crippen LogP) is 2.84. The first kappa shape index (κ1) is 16.2. The van der Waals surface area contributed by atoms with Crippen LogP contribution in [0.2, 0.25) is 0 Å². The van der Waals surface area contributed by atoms with Gasteiger partial charge in [-0.15, -0.1) is 0 Å². The van der Waals surface area contributed by atoms with Gasteiger partial charge in [-0.05, 0) is 67.3 Å². The highest BCUT2D eigenvalue weighted by Gasteiger charge is 2.26. The van der Waals surface area contributed by atoms with Gasteiger partial charge in [0.1, 0.15) is 5.75 Å². The van der Waals surface area contributed by atoms with E-state index in [0.717, 1.165) is 49.0 Å². The summed E-state index contributed by atoms with van der Waals surface area (Å²) in [4.78, 5) is 21.1. The summed E-state index contributed by atoms with van der Waals surface area (Å²) in [6.07, 6.45) is 10.2. The minimum absolute atomic E-state index is 0.108. The molecule has 1 atom stereocenters. The van der Waals surface area contributed by atoms with Gasteiger partial charge in [-0.1, -0.05) is 12.1 Å². The van der Waals surface area contributed by atoms with Gasteiger partial charge in [-0.2, -0.15) is 9.78 Å². The van der Waals surface area contributed by atoms with Crippen LogP contribution in [0.4, 0.5) is 0 Å². The normalized spacial score (nSPS) is 18.7. The third kappa shape index (κ3) is 3.23. The molecule has 1 aromatic carbocycles. The smallest absolute Gasteiger partial charge is 0.277 e. The molecule has 1 unspecified atom stereocenters. The first-order valence-corrected chi connectivity index (χ1v) is 9.42. The Labute approximate surface area is 156 Å². The average molecular weight is 360 g/mol. The molecule has 1 saturated carbocycles. The van der Waals surface area contributed by atoms with Crippen molar-refractivity contribution >= 4 is 0 Å². The quantitative estimate of drug-likeness (QED) is 0.715. The molecular formula is C21H20N4O2. The van der Waals surface area contributed by atoms with E-state index < -0.39 is 0 Å². The minimum atomic E-state index is -0.108. The van der Waals surface area contributed by atoms with Crippen LogP contribution in [0, 0.1) is 0 Å². The summed E-state index contributed by atoms with van der Waals surface area (Å²) >= 11 is 0. The van der Waals surface area contributed by atoms with Crippen LogP contribution < -0.4 is 10.3 Å². The Morgan fingerprint density at radius 3 is 2.74 bits per heavy atom. The summed E-state index contributed by atoms with van der Waals surface area (Å²) in [6.45, 7) is 0. The van der Waals surface area contributed by atoms with Gasteiger partial charge in [0, 0.05) is 18.0 Å². The second-order valence-electron chi connectivity index (χ2n) is 7.24. The molecule has 5 rings (SSSR count). The molecule has 2 aliphatic rings. The Balaban J connectivity index is 1.42. The monoisotopic (exact) mass is 360 g/mol. The van der Waals surface area contributed by atoms with Crippen LogP contribution in [-0.4, -0.2) is 25.9 Å². The van der Waals surface area contributed by atoms with Crippen molar-refractivity contribution in [1.82, 2.24) is 19.7 Å². The molecule has 136 valence electrons. The molecule has 2 heterocycles. The number of benzene rings is 1. The largest absolute Gasteiger partial charge is 0.490 e. The molecule has 0 amide bonds. The first-order valence-electron chi connectivity index (χ1n) is 9.42. The Bertz CT molecular complexity index is 1030. The zero-order valence-corrected chi connectivity index (χ0v) is 14.9. The topological polar surface area (TPSA) is 69.9 Å². The van der Waals surface area contributed by atoms with Gasteiger partial charge in [-0.25, -0.2) is 9.97 Å². The van der Waals surface area contributed by atoms with E-state index in [-0.39, 0.29) is 5.56 Å². The van der Waals surface area contributed by atoms with Gasteiger partial charge in [0.2, 0.25) is 0 Å². The van der Waals surface area contributed by atoms with Crippen LogP contribution in [0.3, 0.4) is 0 Å². The molecule has 0 N–H and O–H groups in total. The van der Waals surface area contributed by atoms with Crippen molar-refractivity contribution in [2.24, 2.45) is 0 Å². The second-order valence-corrected chi connectivity index (χ2v) is 7.24. The number of nitrogens with zero attached hydrogens (tertiary/aromatic N) is 4. The van der Waals surface area contributed by atoms with E-state index in [1.807, 2.05) is 6.07 Å². The molecule has 0 radical (unpaired) electrons. The van der Waals surface area contributed by atoms with E-state index in [4.69, 9.17) is 4.74 Å². The zero-order chi connectivity index (χ0) is 18.2. The van der Waals surface area contributed by atoms with Crippen molar-refractivity contribution in [3.63, 3.8) is 0 Å². The number of rotatable bonds is 4. The predicted molar refractivity (Wildman–Crippen MR) is 100 cm³/mol. The molecule has 0 saturated heterocycles. The lowest BCUT2D eigenvalue weighted by Gasteiger charge is -2.24. The molecule has 0 aliphatic heterocycles. The Morgan fingerprint density at radius 1 is 1.07 bits per heavy atom. The Morgan fingerprint density at radius 2 is 1.93 bits per heavy atom. The van der Waals surface area contributed by atoms with E-state index in [0.29, 0.717) is 18.0 Å². The fourth-order valence-corrected chi connectivity index (χ4v) is 3.70. The standard InChI is InChI=1S/C21H20N4O2/c26-20-19-8-5-15(14-3-1-4-18(12-14)27-17-6-7-17)11-16(19)13-24-25(20)21-22-9-2-10-23-21/h1-4,9-10,12-13,15,17H,5-8,11H2. The Hall–Kier alpha value is -3.02. The van der Waals surface area contributed by atoms with Crippen LogP contribution in [0.15, 0.2) is 53.7 Å². The van der Waals surface area contributed by atoms with Crippen molar-refractivity contribution < 1.29 is 4.74 Å². The lowest BCUT2D eigenvalue weighted by molar-refractivity contribution is 0.302. The summed E-state index contributed by atoms with van der Waals surface area (Å²) < 4.78 is 7.23. The van der Waals surface area contributed by atoms with Crippen molar-refractivity contribution in [2.45, 2.75) is 44.1 Å². The maximum Gasteiger partial charge on any atom is 0.277 e. The molecule has 6 nitrogen and oxygen atoms in total. The summed E-state index contributed by atoms with van der Waals surface area (Å²) in [5.74, 6) is 1.65. The van der Waals surface area contributed by atoms with E-state index in [9.17, 15) is 4.79 Å². The molecule has 0 spiro atoms. The third-order valence-electron chi connectivity index (χ3n) is 5.27. The molecule has 1 fully saturated rings. The molecule has 2 aromatic heterocycles. The van der Waals surface area contributed by atoms with E-state index >= 15 is 0 Å². The molecule has 27 heavy (non-hydrogen) atoms. The average Bonchev–Trinajstić information content (AvgIpc) is 3.53. The van der Waals surface area contributed by atoms with Crippen LogP contribution in [0.5, 0.6) is 5.75 Å². The summed E-state index contributed by atoms with van der Waals surface area (Å²) in [7, 11) is 0. The van der Waals surface area contributed by atoms with Gasteiger partial charge in [-0.3, -0.25) is 4.79 Å². The maximum atomic E-state index is 12.8. The van der Waals surface area contributed by atoms with Gasteiger partial charge < -0.3 is 4.74 Å². The van der Waals surface area contributed by atoms with Crippen molar-refractivity contribution in [3.05, 3.63) is 76.0 Å². The van der Waals surface area contributed by atoms with Crippen molar-refractivity contribution in [3.8, 4) is 11.7 Å². The summed E-state index contributed by atoms with van der Waals surface area (Å²) in [5, 5.41) is 4.31. The van der Waals surface area contributed by atoms with Crippen LogP contribution in [0.25, 0.3) is 5.95 Å². The first-order chi connectivity index (χ1) is 13.3. The number of ether oxygens (including phenoxy) is 1. The minimum Gasteiger partial charge on any atom is -0.490 e. The van der Waals surface area contributed by atoms with Crippen LogP contribution in [0.1, 0.15) is 41.9 Å². The highest BCUT2D eigenvalue weighted by molar-refractivity contribution is 5.36. The molecule has 0 bridgehead atoms. The van der Waals surface area contributed by atoms with Crippen molar-refractivity contribution in [1.29, 1.82) is 0 Å². The van der Waals surface area contributed by atoms with Gasteiger partial charge in [0.15, 0.2) is 0 Å². The SMILES string of the molecule is O=c1c2c(cnn1-c1ncccn1)CC(c1cccc(OC3CC3)c1)CC2. The zero-order valence-electron chi connectivity index (χ0n) is 14.9. The number of hydrogen-bond donors (Lipinski definition) is 0. The van der Waals surface area contributed by atoms with Gasteiger partial charge in [0.05, 0.1) is 12.3 Å². The number of fused-ring (bicyclic) bond motifs is 1. The van der Waals surface area contributed by atoms with E-state index in [2.05, 4.69) is 33.3 Å².